The van der Waals surface area contributed by atoms with Crippen LogP contribution in [0.4, 0.5) is 4.79 Å². The number of nitrogens with zero attached hydrogens (tertiary/aromatic N) is 2. The minimum Gasteiger partial charge on any atom is -0.481 e. The van der Waals surface area contributed by atoms with Crippen molar-refractivity contribution in [2.24, 2.45) is 11.8 Å². The minimum absolute atomic E-state index is 0.124. The van der Waals surface area contributed by atoms with Crippen LogP contribution in [-0.2, 0) is 14.3 Å². The second-order valence-electron chi connectivity index (χ2n) is 8.53. The highest BCUT2D eigenvalue weighted by molar-refractivity contribution is 5.88. The Morgan fingerprint density at radius 3 is 2.41 bits per heavy atom. The molecule has 2 rings (SSSR count). The van der Waals surface area contributed by atoms with Gasteiger partial charge in [0.25, 0.3) is 0 Å². The van der Waals surface area contributed by atoms with Gasteiger partial charge in [0.05, 0.1) is 5.92 Å². The summed E-state index contributed by atoms with van der Waals surface area (Å²) in [4.78, 5) is 39.0. The first-order valence-corrected chi connectivity index (χ1v) is 9.82. The standard InChI is InChI=1S/C20H32N2O5/c1-20(2,3)27-19(26)22-12-5-8-15(13-22)7-4-10-17(23)21-11-6-9-16(14-21)18(24)25/h4,10,15-16H,5-9,11-14H2,1-3H3,(H,24,25)/b10-4+/t15?,16-/m1/s1. The van der Waals surface area contributed by atoms with Crippen LogP contribution >= 0.6 is 0 Å². The van der Waals surface area contributed by atoms with E-state index in [-0.39, 0.29) is 18.5 Å². The van der Waals surface area contributed by atoms with Crippen LogP contribution in [0.3, 0.4) is 0 Å². The highest BCUT2D eigenvalue weighted by Crippen LogP contribution is 2.22. The van der Waals surface area contributed by atoms with E-state index in [0.717, 1.165) is 25.7 Å². The molecule has 1 N–H and O–H groups in total. The van der Waals surface area contributed by atoms with Gasteiger partial charge < -0.3 is 19.6 Å². The second-order valence-corrected chi connectivity index (χ2v) is 8.53. The molecule has 27 heavy (non-hydrogen) atoms. The number of carboxylic acids is 1. The number of piperidine rings is 2. The van der Waals surface area contributed by atoms with Gasteiger partial charge in [0.2, 0.25) is 5.91 Å². The predicted octanol–water partition coefficient (Wildman–Crippen LogP) is 2.90. The molecule has 2 atom stereocenters. The van der Waals surface area contributed by atoms with Crippen LogP contribution in [0.2, 0.25) is 0 Å². The molecule has 7 heteroatoms. The number of allylic oxidation sites excluding steroid dienone is 1. The summed E-state index contributed by atoms with van der Waals surface area (Å²) in [5, 5.41) is 9.13. The van der Waals surface area contributed by atoms with Crippen molar-refractivity contribution in [2.75, 3.05) is 26.2 Å². The van der Waals surface area contributed by atoms with Gasteiger partial charge in [0, 0.05) is 26.2 Å². The smallest absolute Gasteiger partial charge is 0.410 e. The lowest BCUT2D eigenvalue weighted by atomic mass is 9.94. The van der Waals surface area contributed by atoms with Gasteiger partial charge in [0.1, 0.15) is 5.60 Å². The Bertz CT molecular complexity index is 581. The normalized spacial score (nSPS) is 24.1. The molecule has 7 nitrogen and oxygen atoms in total. The van der Waals surface area contributed by atoms with Crippen LogP contribution in [0.15, 0.2) is 12.2 Å². The fraction of sp³-hybridized carbons (Fsp3) is 0.750. The molecule has 0 bridgehead atoms. The van der Waals surface area contributed by atoms with Crippen LogP contribution in [-0.4, -0.2) is 64.7 Å². The fourth-order valence-electron chi connectivity index (χ4n) is 3.60. The topological polar surface area (TPSA) is 87.2 Å². The van der Waals surface area contributed by atoms with E-state index in [4.69, 9.17) is 9.84 Å². The quantitative estimate of drug-likeness (QED) is 0.758. The highest BCUT2D eigenvalue weighted by atomic mass is 16.6. The van der Waals surface area contributed by atoms with E-state index in [1.54, 1.807) is 15.9 Å². The molecule has 0 aromatic heterocycles. The van der Waals surface area contributed by atoms with Gasteiger partial charge in [-0.05, 0) is 64.9 Å². The number of hydrogen-bond acceptors (Lipinski definition) is 4. The highest BCUT2D eigenvalue weighted by Gasteiger charge is 2.28. The molecule has 0 radical (unpaired) electrons. The first-order valence-electron chi connectivity index (χ1n) is 9.82. The number of hydrogen-bond donors (Lipinski definition) is 1. The summed E-state index contributed by atoms with van der Waals surface area (Å²) in [5.41, 5.74) is -0.501. The Kier molecular flexibility index (Phi) is 7.27. The molecule has 0 spiro atoms. The molecular formula is C20H32N2O5. The number of ether oxygens (including phenoxy) is 1. The Hall–Kier alpha value is -2.05. The number of amides is 2. The summed E-state index contributed by atoms with van der Waals surface area (Å²) in [6, 6.07) is 0. The molecule has 2 aliphatic rings. The first kappa shape index (κ1) is 21.3. The third-order valence-electron chi connectivity index (χ3n) is 4.98. The lowest BCUT2D eigenvalue weighted by molar-refractivity contribution is -0.144. The van der Waals surface area contributed by atoms with Gasteiger partial charge in [-0.2, -0.15) is 0 Å². The van der Waals surface area contributed by atoms with E-state index in [2.05, 4.69) is 0 Å². The zero-order valence-electron chi connectivity index (χ0n) is 16.6. The summed E-state index contributed by atoms with van der Waals surface area (Å²) < 4.78 is 5.44. The van der Waals surface area contributed by atoms with Crippen LogP contribution in [0, 0.1) is 11.8 Å². The van der Waals surface area contributed by atoms with Gasteiger partial charge in [-0.15, -0.1) is 0 Å². The number of aliphatic carboxylic acids is 1. The van der Waals surface area contributed by atoms with Crippen molar-refractivity contribution >= 4 is 18.0 Å². The molecule has 2 heterocycles. The molecule has 152 valence electrons. The summed E-state index contributed by atoms with van der Waals surface area (Å²) in [6.45, 7) is 7.82. The fourth-order valence-corrected chi connectivity index (χ4v) is 3.60. The van der Waals surface area contributed by atoms with Crippen molar-refractivity contribution < 1.29 is 24.2 Å². The number of likely N-dealkylation sites (tertiary alicyclic amines) is 2. The SMILES string of the molecule is CC(C)(C)OC(=O)N1CCCC(C/C=C/C(=O)N2CCC[C@@H](C(=O)O)C2)C1. The monoisotopic (exact) mass is 380 g/mol. The van der Waals surface area contributed by atoms with Crippen LogP contribution in [0.1, 0.15) is 52.9 Å². The van der Waals surface area contributed by atoms with Crippen molar-refractivity contribution in [3.05, 3.63) is 12.2 Å². The third kappa shape index (κ3) is 6.88. The Balaban J connectivity index is 1.80. The Labute approximate surface area is 161 Å². The van der Waals surface area contributed by atoms with Crippen LogP contribution < -0.4 is 0 Å². The van der Waals surface area contributed by atoms with E-state index in [9.17, 15) is 14.4 Å². The summed E-state index contributed by atoms with van der Waals surface area (Å²) >= 11 is 0. The van der Waals surface area contributed by atoms with Gasteiger partial charge in [-0.3, -0.25) is 9.59 Å². The van der Waals surface area contributed by atoms with Crippen molar-refractivity contribution in [3.63, 3.8) is 0 Å². The molecule has 2 amide bonds. The van der Waals surface area contributed by atoms with E-state index >= 15 is 0 Å². The summed E-state index contributed by atoms with van der Waals surface area (Å²) in [7, 11) is 0. The predicted molar refractivity (Wildman–Crippen MR) is 101 cm³/mol. The Morgan fingerprint density at radius 1 is 1.07 bits per heavy atom. The molecule has 1 unspecified atom stereocenters. The molecule has 2 fully saturated rings. The lowest BCUT2D eigenvalue weighted by Gasteiger charge is -2.33. The molecule has 2 saturated heterocycles. The van der Waals surface area contributed by atoms with Crippen LogP contribution in [0.5, 0.6) is 0 Å². The summed E-state index contributed by atoms with van der Waals surface area (Å²) in [5.74, 6) is -1.11. The first-order chi connectivity index (χ1) is 12.7. The van der Waals surface area contributed by atoms with Gasteiger partial charge >= 0.3 is 12.1 Å². The van der Waals surface area contributed by atoms with Crippen molar-refractivity contribution in [1.82, 2.24) is 9.80 Å². The number of carbonyl (C=O) groups excluding carboxylic acids is 2. The number of carbonyl (C=O) groups is 3. The average Bonchev–Trinajstić information content (AvgIpc) is 2.60. The zero-order chi connectivity index (χ0) is 20.0. The number of carboxylic acid groups (broad SMARTS) is 1. The van der Waals surface area contributed by atoms with E-state index in [0.29, 0.717) is 32.0 Å². The lowest BCUT2D eigenvalue weighted by Crippen LogP contribution is -2.42. The maximum Gasteiger partial charge on any atom is 0.410 e. The van der Waals surface area contributed by atoms with E-state index in [1.807, 2.05) is 26.8 Å². The van der Waals surface area contributed by atoms with E-state index in [1.165, 1.54) is 0 Å². The van der Waals surface area contributed by atoms with Gasteiger partial charge in [0.15, 0.2) is 0 Å². The molecular weight excluding hydrogens is 348 g/mol. The molecule has 0 saturated carbocycles. The average molecular weight is 380 g/mol. The second kappa shape index (κ2) is 9.24. The summed E-state index contributed by atoms with van der Waals surface area (Å²) in [6.07, 6.45) is 7.16. The van der Waals surface area contributed by atoms with Crippen molar-refractivity contribution in [3.8, 4) is 0 Å². The van der Waals surface area contributed by atoms with E-state index < -0.39 is 17.5 Å². The maximum absolute atomic E-state index is 12.3. The van der Waals surface area contributed by atoms with Gasteiger partial charge in [-0.25, -0.2) is 4.79 Å². The minimum atomic E-state index is -0.832. The molecule has 0 aromatic carbocycles. The molecule has 0 aliphatic carbocycles. The Morgan fingerprint density at radius 2 is 1.74 bits per heavy atom. The van der Waals surface area contributed by atoms with Gasteiger partial charge in [-0.1, -0.05) is 6.08 Å². The van der Waals surface area contributed by atoms with Crippen molar-refractivity contribution in [1.29, 1.82) is 0 Å². The largest absolute Gasteiger partial charge is 0.481 e. The maximum atomic E-state index is 12.3. The third-order valence-corrected chi connectivity index (χ3v) is 4.98. The number of rotatable bonds is 4. The van der Waals surface area contributed by atoms with Crippen LogP contribution in [0.25, 0.3) is 0 Å². The zero-order valence-corrected chi connectivity index (χ0v) is 16.6. The molecule has 2 aliphatic heterocycles. The molecule has 0 aromatic rings. The van der Waals surface area contributed by atoms with Crippen molar-refractivity contribution in [2.45, 2.75) is 58.5 Å².